The van der Waals surface area contributed by atoms with Crippen molar-refractivity contribution in [3.8, 4) is 89.8 Å². The highest BCUT2D eigenvalue weighted by Crippen LogP contribution is 2.38. The summed E-state index contributed by atoms with van der Waals surface area (Å²) in [5.41, 5.74) is 14.4. The summed E-state index contributed by atoms with van der Waals surface area (Å²) in [6.45, 7) is 0. The van der Waals surface area contributed by atoms with Crippen LogP contribution in [0.4, 0.5) is 0 Å². The first-order valence-electron chi connectivity index (χ1n) is 19.6. The predicted molar refractivity (Wildman–Crippen MR) is 241 cm³/mol. The number of fused-ring (bicyclic) bond motifs is 1. The van der Waals surface area contributed by atoms with E-state index in [9.17, 15) is 0 Å². The normalized spacial score (nSPS) is 11.1. The van der Waals surface area contributed by atoms with Gasteiger partial charge in [0, 0.05) is 16.7 Å². The molecule has 0 N–H and O–H groups in total. The van der Waals surface area contributed by atoms with Gasteiger partial charge in [-0.25, -0.2) is 15.0 Å². The summed E-state index contributed by atoms with van der Waals surface area (Å²) in [6, 6.07) is 79.2. The van der Waals surface area contributed by atoms with Gasteiger partial charge in [0.25, 0.3) is 0 Å². The van der Waals surface area contributed by atoms with Gasteiger partial charge in [0.05, 0.1) is 0 Å². The molecule has 0 aliphatic carbocycles. The van der Waals surface area contributed by atoms with Crippen molar-refractivity contribution in [3.63, 3.8) is 0 Å². The van der Waals surface area contributed by atoms with Crippen LogP contribution in [0.2, 0.25) is 0 Å². The fraction of sp³-hybridized carbons (Fsp3) is 0. The van der Waals surface area contributed by atoms with E-state index in [0.717, 1.165) is 44.5 Å². The molecule has 0 spiro atoms. The smallest absolute Gasteiger partial charge is 0.164 e. The number of hydrogen-bond acceptors (Lipinski definition) is 3. The maximum absolute atomic E-state index is 5.04. The summed E-state index contributed by atoms with van der Waals surface area (Å²) in [6.07, 6.45) is 0. The van der Waals surface area contributed by atoms with Crippen LogP contribution < -0.4 is 0 Å². The number of nitrogens with zero attached hydrogens (tertiary/aromatic N) is 3. The molecule has 1 heterocycles. The molecule has 272 valence electrons. The second-order valence-corrected chi connectivity index (χ2v) is 14.5. The maximum Gasteiger partial charge on any atom is 0.164 e. The zero-order chi connectivity index (χ0) is 38.7. The maximum atomic E-state index is 5.04. The molecule has 9 aromatic carbocycles. The molecule has 58 heavy (non-hydrogen) atoms. The highest BCUT2D eigenvalue weighted by molar-refractivity contribution is 5.90. The molecule has 10 aromatic rings. The monoisotopic (exact) mass is 739 g/mol. The Morgan fingerprint density at radius 2 is 0.569 bits per heavy atom. The van der Waals surface area contributed by atoms with Crippen LogP contribution in [0, 0.1) is 0 Å². The largest absolute Gasteiger partial charge is 0.208 e. The lowest BCUT2D eigenvalue weighted by Crippen LogP contribution is -2.00. The van der Waals surface area contributed by atoms with Crippen LogP contribution in [0.1, 0.15) is 0 Å². The van der Waals surface area contributed by atoms with E-state index in [1.54, 1.807) is 0 Å². The molecule has 0 atom stereocenters. The van der Waals surface area contributed by atoms with E-state index in [1.165, 1.54) is 38.6 Å². The number of rotatable bonds is 8. The third-order valence-corrected chi connectivity index (χ3v) is 10.7. The first-order chi connectivity index (χ1) is 28.7. The van der Waals surface area contributed by atoms with Crippen molar-refractivity contribution in [1.82, 2.24) is 15.0 Å². The van der Waals surface area contributed by atoms with Gasteiger partial charge in [-0.1, -0.05) is 194 Å². The lowest BCUT2D eigenvalue weighted by atomic mass is 9.90. The summed E-state index contributed by atoms with van der Waals surface area (Å²) in [5.74, 6) is 1.92. The predicted octanol–water partition coefficient (Wildman–Crippen LogP) is 14.4. The van der Waals surface area contributed by atoms with Crippen LogP contribution in [0.5, 0.6) is 0 Å². The Bertz CT molecular complexity index is 2990. The summed E-state index contributed by atoms with van der Waals surface area (Å²) < 4.78 is 0. The van der Waals surface area contributed by atoms with Gasteiger partial charge in [-0.3, -0.25) is 0 Å². The Kier molecular flexibility index (Phi) is 9.23. The van der Waals surface area contributed by atoms with E-state index >= 15 is 0 Å². The molecule has 3 heteroatoms. The average molecular weight is 740 g/mol. The molecule has 0 radical (unpaired) electrons. The molecule has 0 aliphatic rings. The molecule has 0 fully saturated rings. The van der Waals surface area contributed by atoms with Crippen molar-refractivity contribution in [2.75, 3.05) is 0 Å². The highest BCUT2D eigenvalue weighted by atomic mass is 15.0. The summed E-state index contributed by atoms with van der Waals surface area (Å²) in [7, 11) is 0. The highest BCUT2D eigenvalue weighted by Gasteiger charge is 2.16. The van der Waals surface area contributed by atoms with Gasteiger partial charge in [0.1, 0.15) is 0 Å². The Labute approximate surface area is 338 Å². The van der Waals surface area contributed by atoms with Gasteiger partial charge < -0.3 is 0 Å². The number of benzene rings is 9. The summed E-state index contributed by atoms with van der Waals surface area (Å²) in [5, 5.41) is 2.50. The first kappa shape index (κ1) is 34.7. The molecule has 10 rings (SSSR count). The van der Waals surface area contributed by atoms with E-state index in [2.05, 4.69) is 164 Å². The SMILES string of the molecule is c1ccc(-c2nc(-c3ccccc3)nc(-c3ccc(-c4cccc(-c5cccc(-c6cccc(-c7ccc8ccccc8c7)c6)c5)c4)c(-c4ccccc4)c3)n2)cc1. The topological polar surface area (TPSA) is 38.7 Å². The van der Waals surface area contributed by atoms with E-state index in [4.69, 9.17) is 15.0 Å². The molecule has 0 bridgehead atoms. The van der Waals surface area contributed by atoms with Crippen molar-refractivity contribution in [2.45, 2.75) is 0 Å². The number of hydrogen-bond donors (Lipinski definition) is 0. The number of aromatic nitrogens is 3. The minimum atomic E-state index is 0.631. The summed E-state index contributed by atoms with van der Waals surface area (Å²) >= 11 is 0. The Balaban J connectivity index is 1.03. The van der Waals surface area contributed by atoms with Crippen LogP contribution in [-0.2, 0) is 0 Å². The molecular formula is C55H37N3. The van der Waals surface area contributed by atoms with E-state index in [0.29, 0.717) is 17.5 Å². The summed E-state index contributed by atoms with van der Waals surface area (Å²) in [4.78, 5) is 15.0. The van der Waals surface area contributed by atoms with E-state index < -0.39 is 0 Å². The molecule has 3 nitrogen and oxygen atoms in total. The molecule has 0 aliphatic heterocycles. The lowest BCUT2D eigenvalue weighted by Gasteiger charge is -2.15. The Morgan fingerprint density at radius 1 is 0.190 bits per heavy atom. The van der Waals surface area contributed by atoms with Crippen LogP contribution in [0.3, 0.4) is 0 Å². The van der Waals surface area contributed by atoms with Gasteiger partial charge in [-0.2, -0.15) is 0 Å². The third-order valence-electron chi connectivity index (χ3n) is 10.7. The van der Waals surface area contributed by atoms with Gasteiger partial charge >= 0.3 is 0 Å². The van der Waals surface area contributed by atoms with Crippen molar-refractivity contribution < 1.29 is 0 Å². The second kappa shape index (κ2) is 15.4. The second-order valence-electron chi connectivity index (χ2n) is 14.5. The molecule has 0 unspecified atom stereocenters. The zero-order valence-electron chi connectivity index (χ0n) is 31.7. The van der Waals surface area contributed by atoms with E-state index in [1.807, 2.05) is 60.7 Å². The van der Waals surface area contributed by atoms with Crippen molar-refractivity contribution in [1.29, 1.82) is 0 Å². The average Bonchev–Trinajstić information content (AvgIpc) is 3.32. The lowest BCUT2D eigenvalue weighted by molar-refractivity contribution is 1.07. The standard InChI is InChI=1S/C55H37N3/c1-4-16-39(17-5-1)52-37-50(55-57-53(40-18-6-2-7-19-40)56-54(58-55)41-20-8-3-9-21-41)31-32-51(52)49-28-14-27-47(36-49)45-25-12-23-43(34-45)44-24-13-26-46(35-44)48-30-29-38-15-10-11-22-42(38)33-48/h1-37H. The fourth-order valence-electron chi connectivity index (χ4n) is 7.72. The van der Waals surface area contributed by atoms with Crippen LogP contribution in [-0.4, -0.2) is 15.0 Å². The Hall–Kier alpha value is -7.75. The molecule has 0 saturated carbocycles. The first-order valence-corrected chi connectivity index (χ1v) is 19.6. The molecule has 0 saturated heterocycles. The van der Waals surface area contributed by atoms with Crippen molar-refractivity contribution in [3.05, 3.63) is 224 Å². The zero-order valence-corrected chi connectivity index (χ0v) is 31.7. The van der Waals surface area contributed by atoms with Crippen molar-refractivity contribution in [2.24, 2.45) is 0 Å². The molecular weight excluding hydrogens is 703 g/mol. The third kappa shape index (κ3) is 7.09. The van der Waals surface area contributed by atoms with Gasteiger partial charge in [0.15, 0.2) is 17.5 Å². The minimum Gasteiger partial charge on any atom is -0.208 e. The van der Waals surface area contributed by atoms with Gasteiger partial charge in [-0.15, -0.1) is 0 Å². The van der Waals surface area contributed by atoms with Crippen LogP contribution >= 0.6 is 0 Å². The molecule has 0 amide bonds. The van der Waals surface area contributed by atoms with E-state index in [-0.39, 0.29) is 0 Å². The van der Waals surface area contributed by atoms with Crippen molar-refractivity contribution >= 4 is 10.8 Å². The quantitative estimate of drug-likeness (QED) is 0.156. The minimum absolute atomic E-state index is 0.631. The Morgan fingerprint density at radius 3 is 1.10 bits per heavy atom. The molecule has 1 aromatic heterocycles. The fourth-order valence-corrected chi connectivity index (χ4v) is 7.72. The van der Waals surface area contributed by atoms with Gasteiger partial charge in [0.2, 0.25) is 0 Å². The van der Waals surface area contributed by atoms with Gasteiger partial charge in [-0.05, 0) is 96.7 Å². The van der Waals surface area contributed by atoms with Crippen LogP contribution in [0.15, 0.2) is 224 Å². The van der Waals surface area contributed by atoms with Crippen LogP contribution in [0.25, 0.3) is 101 Å².